The first kappa shape index (κ1) is 78.4. The van der Waals surface area contributed by atoms with Crippen LogP contribution in [-0.4, -0.2) is 170 Å². The summed E-state index contributed by atoms with van der Waals surface area (Å²) in [6.45, 7) is 16.9. The molecule has 0 radical (unpaired) electrons. The van der Waals surface area contributed by atoms with Crippen molar-refractivity contribution < 1.29 is 62.1 Å². The highest BCUT2D eigenvalue weighted by Crippen LogP contribution is 2.44. The van der Waals surface area contributed by atoms with Crippen LogP contribution in [0.4, 0.5) is 20.1 Å². The number of likely N-dealkylation sites (N-methyl/N-ethyl adjacent to an activating group) is 2. The molecule has 542 valence electrons. The van der Waals surface area contributed by atoms with Gasteiger partial charge in [-0.3, -0.25) is 33.7 Å². The number of nitrogens with zero attached hydrogens (tertiary/aromatic N) is 4. The molecule has 2 aliphatic rings. The Balaban J connectivity index is 0.934. The van der Waals surface area contributed by atoms with Gasteiger partial charge in [0.2, 0.25) is 35.4 Å². The molecule has 1 aliphatic heterocycles. The molecule has 2 unspecified atom stereocenters. The summed E-state index contributed by atoms with van der Waals surface area (Å²) in [7, 11) is 6.19. The van der Waals surface area contributed by atoms with Crippen molar-refractivity contribution in [3.05, 3.63) is 142 Å². The maximum Gasteiger partial charge on any atom is 0.410 e. The highest BCUT2D eigenvalue weighted by Gasteiger charge is 2.44. The zero-order valence-corrected chi connectivity index (χ0v) is 60.8. The van der Waals surface area contributed by atoms with Gasteiger partial charge < -0.3 is 66.4 Å². The third-order valence-electron chi connectivity index (χ3n) is 19.2. The fourth-order valence-corrected chi connectivity index (χ4v) is 14.3. The van der Waals surface area contributed by atoms with Crippen molar-refractivity contribution in [3.63, 3.8) is 0 Å². The number of hydrogen-bond acceptors (Lipinski definition) is 15. The number of aromatic nitrogens is 1. The lowest BCUT2D eigenvalue weighted by Gasteiger charge is -2.41. The monoisotopic (exact) mass is 1400 g/mol. The van der Waals surface area contributed by atoms with Crippen LogP contribution in [-0.2, 0) is 60.7 Å². The quantitative estimate of drug-likeness (QED) is 0.0186. The molecule has 0 bridgehead atoms. The van der Waals surface area contributed by atoms with Crippen LogP contribution >= 0.6 is 11.3 Å². The number of likely N-dealkylation sites (tertiary alicyclic amines) is 1. The SMILES string of the molecule is CCC(C)[C@@H]([C@@H](CC(=O)N1CCCC1[C@H](OC)[C@@H](C)C(=O)N[C@@H](Cc1ccccc1)c1nccs1)OC)N(C)C(=O)[C@@H](NC(=O)[C@H](C(C)C)N(C)C(=O)OCc1ccc(NC(=O)[C@H](CCCNC(N)=O)NC(=O)[C@@H](NC(=O)OCC2c3ccccc3-c3ccccc32)C(C)C)cc1)C(C)C. The minimum Gasteiger partial charge on any atom is -0.449 e. The van der Waals surface area contributed by atoms with Crippen LogP contribution < -0.4 is 37.6 Å². The number of nitrogens with one attached hydrogen (secondary N) is 6. The first-order valence-corrected chi connectivity index (χ1v) is 35.6. The van der Waals surface area contributed by atoms with Crippen molar-refractivity contribution in [2.24, 2.45) is 35.3 Å². The van der Waals surface area contributed by atoms with Crippen LogP contribution in [0.15, 0.2) is 115 Å². The number of ether oxygens (including phenoxy) is 4. The maximum atomic E-state index is 14.9. The number of carbonyl (C=O) groups is 9. The van der Waals surface area contributed by atoms with E-state index in [4.69, 9.17) is 24.7 Å². The normalized spacial score (nSPS) is 16.4. The summed E-state index contributed by atoms with van der Waals surface area (Å²) in [5, 5.41) is 19.7. The number of rotatable bonds is 35. The van der Waals surface area contributed by atoms with Gasteiger partial charge in [0.25, 0.3) is 0 Å². The topological polar surface area (TPSA) is 311 Å². The van der Waals surface area contributed by atoms with Crippen LogP contribution in [0.3, 0.4) is 0 Å². The summed E-state index contributed by atoms with van der Waals surface area (Å²) in [4.78, 5) is 134. The number of thiazole rings is 1. The fraction of sp³-hybridized carbons (Fsp3) is 0.520. The lowest BCUT2D eigenvalue weighted by molar-refractivity contribution is -0.148. The second-order valence-corrected chi connectivity index (χ2v) is 28.1. The number of fused-ring (bicyclic) bond motifs is 3. The zero-order chi connectivity index (χ0) is 72.9. The predicted octanol–water partition coefficient (Wildman–Crippen LogP) is 9.33. The van der Waals surface area contributed by atoms with Crippen LogP contribution in [0.25, 0.3) is 11.1 Å². The second kappa shape index (κ2) is 37.5. The van der Waals surface area contributed by atoms with Gasteiger partial charge in [-0.15, -0.1) is 11.3 Å². The summed E-state index contributed by atoms with van der Waals surface area (Å²) in [5.74, 6) is -4.89. The molecule has 1 aromatic heterocycles. The number of hydrogen-bond donors (Lipinski definition) is 7. The van der Waals surface area contributed by atoms with E-state index in [1.807, 2.05) is 119 Å². The molecule has 5 aromatic rings. The maximum absolute atomic E-state index is 14.9. The van der Waals surface area contributed by atoms with Crippen LogP contribution in [0.2, 0.25) is 0 Å². The smallest absolute Gasteiger partial charge is 0.410 e. The number of nitrogens with two attached hydrogens (primary N) is 1. The molecule has 24 nitrogen and oxygen atoms in total. The second-order valence-electron chi connectivity index (χ2n) is 27.2. The van der Waals surface area contributed by atoms with Gasteiger partial charge in [-0.25, -0.2) is 19.4 Å². The van der Waals surface area contributed by atoms with Gasteiger partial charge in [-0.1, -0.05) is 160 Å². The summed E-state index contributed by atoms with van der Waals surface area (Å²) >= 11 is 1.47. The Bertz CT molecular complexity index is 3500. The molecule has 4 aromatic carbocycles. The summed E-state index contributed by atoms with van der Waals surface area (Å²) < 4.78 is 23.7. The predicted molar refractivity (Wildman–Crippen MR) is 383 cm³/mol. The molecule has 11 atom stereocenters. The number of primary amides is 1. The minimum absolute atomic E-state index is 0.0334. The van der Waals surface area contributed by atoms with Crippen molar-refractivity contribution in [1.82, 2.24) is 46.3 Å². The number of carbonyl (C=O) groups excluding carboxylic acids is 9. The molecule has 0 saturated carbocycles. The van der Waals surface area contributed by atoms with E-state index >= 15 is 0 Å². The number of methoxy groups -OCH3 is 2. The Morgan fingerprint density at radius 2 is 1.33 bits per heavy atom. The van der Waals surface area contributed by atoms with E-state index in [0.29, 0.717) is 43.5 Å². The molecular weight excluding hydrogens is 1290 g/mol. The minimum atomic E-state index is -1.12. The van der Waals surface area contributed by atoms with Gasteiger partial charge in [0.1, 0.15) is 42.4 Å². The van der Waals surface area contributed by atoms with Crippen LogP contribution in [0, 0.1) is 29.6 Å². The largest absolute Gasteiger partial charge is 0.449 e. The number of alkyl carbamates (subject to hydrolysis) is 1. The number of benzene rings is 4. The Kier molecular flexibility index (Phi) is 29.4. The Morgan fingerprint density at radius 3 is 1.91 bits per heavy atom. The Labute approximate surface area is 592 Å². The first-order chi connectivity index (χ1) is 47.8. The fourth-order valence-electron chi connectivity index (χ4n) is 13.6. The van der Waals surface area contributed by atoms with Gasteiger partial charge in [0.15, 0.2) is 0 Å². The van der Waals surface area contributed by atoms with E-state index in [0.717, 1.165) is 32.8 Å². The molecule has 2 heterocycles. The summed E-state index contributed by atoms with van der Waals surface area (Å²) in [6, 6.07) is 25.8. The molecule has 1 aliphatic carbocycles. The van der Waals surface area contributed by atoms with Gasteiger partial charge >= 0.3 is 18.2 Å². The lowest BCUT2D eigenvalue weighted by atomic mass is 9.89. The average Bonchev–Trinajstić information content (AvgIpc) is 1.61. The molecular formula is C75H103N11O13S. The third-order valence-corrected chi connectivity index (χ3v) is 20.1. The van der Waals surface area contributed by atoms with E-state index in [2.05, 4.69) is 36.9 Å². The number of amides is 10. The molecule has 1 fully saturated rings. The van der Waals surface area contributed by atoms with Crippen molar-refractivity contribution in [1.29, 1.82) is 0 Å². The average molecular weight is 1400 g/mol. The van der Waals surface area contributed by atoms with Gasteiger partial charge in [-0.2, -0.15) is 0 Å². The molecule has 25 heteroatoms. The number of anilines is 1. The molecule has 0 spiro atoms. The number of urea groups is 1. The van der Waals surface area contributed by atoms with Gasteiger partial charge in [-0.05, 0) is 101 Å². The van der Waals surface area contributed by atoms with Gasteiger partial charge in [0.05, 0.1) is 42.7 Å². The lowest BCUT2D eigenvalue weighted by Crippen LogP contribution is -2.60. The van der Waals surface area contributed by atoms with E-state index in [1.165, 1.54) is 30.4 Å². The molecule has 1 saturated heterocycles. The van der Waals surface area contributed by atoms with Crippen molar-refractivity contribution in [2.45, 2.75) is 174 Å². The molecule has 8 N–H and O–H groups in total. The molecule has 100 heavy (non-hydrogen) atoms. The highest BCUT2D eigenvalue weighted by atomic mass is 32.1. The zero-order valence-electron chi connectivity index (χ0n) is 60.0. The Hall–Kier alpha value is -8.94. The third kappa shape index (κ3) is 20.6. The van der Waals surface area contributed by atoms with Gasteiger partial charge in [0, 0.05) is 64.6 Å². The Morgan fingerprint density at radius 1 is 0.690 bits per heavy atom. The van der Waals surface area contributed by atoms with Crippen molar-refractivity contribution in [3.8, 4) is 11.1 Å². The van der Waals surface area contributed by atoms with E-state index < -0.39 is 114 Å². The van der Waals surface area contributed by atoms with Crippen molar-refractivity contribution >= 4 is 70.7 Å². The van der Waals surface area contributed by atoms with Crippen LogP contribution in [0.5, 0.6) is 0 Å². The summed E-state index contributed by atoms with van der Waals surface area (Å²) in [5.41, 5.74) is 11.4. The molecule has 10 amide bonds. The van der Waals surface area contributed by atoms with E-state index in [9.17, 15) is 43.2 Å². The molecule has 7 rings (SSSR count). The highest BCUT2D eigenvalue weighted by molar-refractivity contribution is 7.09. The first-order valence-electron chi connectivity index (χ1n) is 34.7. The van der Waals surface area contributed by atoms with Crippen molar-refractivity contribution in [2.75, 3.05) is 53.3 Å². The van der Waals surface area contributed by atoms with E-state index in [1.54, 1.807) is 82.1 Å². The van der Waals surface area contributed by atoms with Crippen LogP contribution in [0.1, 0.15) is 140 Å². The summed E-state index contributed by atoms with van der Waals surface area (Å²) in [6.07, 6.45) is 1.49. The van der Waals surface area contributed by atoms with E-state index in [-0.39, 0.29) is 68.7 Å². The standard InChI is InChI=1S/C75H103N11O13S/c1-14-47(8)65(60(96-12)41-61(87)86-38-23-31-59(86)66(97-13)48(9)67(88)81-58(71-77-37-39-100-71)40-49-24-16-15-17-25-49)84(10)72(92)63(45(4)5)82-70(91)64(46(6)7)85(11)75(95)99-42-50-32-34-51(35-33-50)79-68(89)57(30-22-36-78-73(76)93)80-69(90)62(44(2)3)83-74(94)98-43-56-54-28-20-18-26-52(54)53-27-19-21-29-55(53)56/h15-21,24-29,32-35,37,39,44-48,56-60,62-66H,14,22-23,30-31,36,38,40-43H2,1-13H3,(H,79,89)(H,80,90)(H,81,88)(H,82,91)(H,83,94)(H3,76,78,93)/t47?,48-,57+,58+,59?,60-,62+,63+,64+,65+,66-/m1/s1.